The number of nitrogens with zero attached hydrogens (tertiary/aromatic N) is 5. The fourth-order valence-electron chi connectivity index (χ4n) is 6.02. The number of nitrogens with one attached hydrogen (secondary N) is 1. The van der Waals surface area contributed by atoms with Crippen LogP contribution >= 0.6 is 23.1 Å². The van der Waals surface area contributed by atoms with E-state index in [0.717, 1.165) is 50.7 Å². The van der Waals surface area contributed by atoms with Crippen molar-refractivity contribution in [2.24, 2.45) is 17.8 Å². The van der Waals surface area contributed by atoms with Gasteiger partial charge < -0.3 is 0 Å². The van der Waals surface area contributed by atoms with Crippen molar-refractivity contribution in [1.82, 2.24) is 30.0 Å². The van der Waals surface area contributed by atoms with Gasteiger partial charge in [0, 0.05) is 10.4 Å². The van der Waals surface area contributed by atoms with Crippen molar-refractivity contribution in [1.29, 1.82) is 0 Å². The minimum atomic E-state index is 0.430. The van der Waals surface area contributed by atoms with E-state index in [1.54, 1.807) is 11.3 Å². The number of hydrogen-bond acceptors (Lipinski definition) is 6. The van der Waals surface area contributed by atoms with Crippen LogP contribution < -0.4 is 0 Å². The van der Waals surface area contributed by atoms with Crippen molar-refractivity contribution in [2.45, 2.75) is 68.8 Å². The average Bonchev–Trinajstić information content (AvgIpc) is 3.34. The van der Waals surface area contributed by atoms with Crippen molar-refractivity contribution >= 4 is 28.1 Å². The molecule has 3 aromatic heterocycles. The molecule has 0 radical (unpaired) electrons. The second kappa shape index (κ2) is 6.29. The molecule has 4 aliphatic carbocycles. The summed E-state index contributed by atoms with van der Waals surface area (Å²) in [6, 6.07) is 2.10. The number of aromatic nitrogens is 6. The number of H-pyrrole nitrogens is 1. The molecule has 3 aromatic rings. The largest absolute Gasteiger partial charge is 0.282 e. The van der Waals surface area contributed by atoms with Crippen molar-refractivity contribution in [3.63, 3.8) is 0 Å². The van der Waals surface area contributed by atoms with Crippen LogP contribution in [0.15, 0.2) is 6.07 Å². The van der Waals surface area contributed by atoms with E-state index in [1.165, 1.54) is 38.5 Å². The Morgan fingerprint density at radius 2 is 1.89 bits per heavy atom. The molecule has 0 amide bonds. The van der Waals surface area contributed by atoms with E-state index in [4.69, 9.17) is 5.10 Å². The van der Waals surface area contributed by atoms with Crippen LogP contribution in [0.4, 0.5) is 0 Å². The molecule has 7 rings (SSSR count). The van der Waals surface area contributed by atoms with E-state index >= 15 is 0 Å². The molecule has 3 heterocycles. The van der Waals surface area contributed by atoms with Gasteiger partial charge in [0.05, 0.1) is 5.75 Å². The second-order valence-electron chi connectivity index (χ2n) is 9.47. The van der Waals surface area contributed by atoms with Crippen molar-refractivity contribution < 1.29 is 0 Å². The second-order valence-corrected chi connectivity index (χ2v) is 11.9. The van der Waals surface area contributed by atoms with E-state index in [-0.39, 0.29) is 0 Å². The molecule has 4 fully saturated rings. The van der Waals surface area contributed by atoms with Gasteiger partial charge in [0.25, 0.3) is 0 Å². The molecule has 4 aliphatic rings. The third-order valence-electron chi connectivity index (χ3n) is 6.98. The lowest BCUT2D eigenvalue weighted by Crippen LogP contribution is -2.48. The fourth-order valence-corrected chi connectivity index (χ4v) is 8.51. The van der Waals surface area contributed by atoms with Gasteiger partial charge >= 0.3 is 0 Å². The number of rotatable bonds is 5. The highest BCUT2D eigenvalue weighted by Gasteiger charge is 2.51. The molecule has 4 bridgehead atoms. The van der Waals surface area contributed by atoms with Crippen LogP contribution in [0.25, 0.3) is 15.7 Å². The lowest BCUT2D eigenvalue weighted by Gasteiger charge is -2.56. The van der Waals surface area contributed by atoms with Crippen LogP contribution in [0, 0.1) is 17.8 Å². The summed E-state index contributed by atoms with van der Waals surface area (Å²) in [4.78, 5) is 0.866. The minimum Gasteiger partial charge on any atom is -0.282 e. The molecule has 0 saturated heterocycles. The minimum absolute atomic E-state index is 0.430. The maximum Gasteiger partial charge on any atom is 0.235 e. The van der Waals surface area contributed by atoms with Gasteiger partial charge in [-0.05, 0) is 68.3 Å². The summed E-state index contributed by atoms with van der Waals surface area (Å²) in [5, 5.41) is 22.1. The fraction of sp³-hybridized carbons (Fsp3) is 0.700. The Kier molecular flexibility index (Phi) is 3.92. The first-order valence-corrected chi connectivity index (χ1v) is 12.3. The molecule has 28 heavy (non-hydrogen) atoms. The quantitative estimate of drug-likeness (QED) is 0.643. The van der Waals surface area contributed by atoms with Crippen LogP contribution in [-0.4, -0.2) is 34.8 Å². The van der Waals surface area contributed by atoms with Crippen LogP contribution in [0.2, 0.25) is 0 Å². The Hall–Kier alpha value is -1.41. The molecule has 1 N–H and O–H groups in total. The van der Waals surface area contributed by atoms with Gasteiger partial charge in [-0.15, -0.1) is 22.0 Å². The summed E-state index contributed by atoms with van der Waals surface area (Å²) in [5.41, 5.74) is 2.04. The average molecular weight is 415 g/mol. The summed E-state index contributed by atoms with van der Waals surface area (Å²) < 4.78 is 2.44. The van der Waals surface area contributed by atoms with Gasteiger partial charge in [-0.1, -0.05) is 25.2 Å². The number of hydrogen-bond donors (Lipinski definition) is 1. The van der Waals surface area contributed by atoms with Crippen LogP contribution in [0.1, 0.15) is 69.8 Å². The molecule has 0 atom stereocenters. The standard InChI is InChI=1S/C20H26N6S2/c1-11(2)15-6-16(22-21-15)18-25-26-17(23-24-19(26)28-18)10-27-20-7-12-3-13(8-20)5-14(4-12)9-20/h6,11-14H,3-5,7-10H2,1-2H3,(H,21,22). The highest BCUT2D eigenvalue weighted by atomic mass is 32.2. The molecule has 6 nitrogen and oxygen atoms in total. The van der Waals surface area contributed by atoms with Crippen LogP contribution in [0.3, 0.4) is 0 Å². The van der Waals surface area contributed by atoms with E-state index in [1.807, 2.05) is 4.52 Å². The summed E-state index contributed by atoms with van der Waals surface area (Å²) in [6.45, 7) is 4.32. The van der Waals surface area contributed by atoms with Gasteiger partial charge in [0.1, 0.15) is 5.69 Å². The zero-order valence-corrected chi connectivity index (χ0v) is 18.0. The molecule has 4 saturated carbocycles. The Balaban J connectivity index is 1.23. The Labute approximate surface area is 172 Å². The van der Waals surface area contributed by atoms with E-state index in [9.17, 15) is 0 Å². The molecule has 0 spiro atoms. The van der Waals surface area contributed by atoms with Gasteiger partial charge in [0.2, 0.25) is 4.96 Å². The smallest absolute Gasteiger partial charge is 0.235 e. The molecule has 8 heteroatoms. The molecule has 0 aromatic carbocycles. The summed E-state index contributed by atoms with van der Waals surface area (Å²) in [6.07, 6.45) is 8.73. The lowest BCUT2D eigenvalue weighted by molar-refractivity contribution is 0.0383. The summed E-state index contributed by atoms with van der Waals surface area (Å²) in [7, 11) is 0. The van der Waals surface area contributed by atoms with Gasteiger partial charge in [-0.2, -0.15) is 14.7 Å². The molecule has 0 aliphatic heterocycles. The third kappa shape index (κ3) is 2.83. The highest BCUT2D eigenvalue weighted by Crippen LogP contribution is 2.61. The van der Waals surface area contributed by atoms with Crippen LogP contribution in [-0.2, 0) is 5.75 Å². The Bertz CT molecular complexity index is 980. The number of aromatic amines is 1. The van der Waals surface area contributed by atoms with Gasteiger partial charge in [0.15, 0.2) is 10.8 Å². The maximum absolute atomic E-state index is 4.79. The third-order valence-corrected chi connectivity index (χ3v) is 9.42. The first-order valence-electron chi connectivity index (χ1n) is 10.5. The van der Waals surface area contributed by atoms with Crippen molar-refractivity contribution in [3.8, 4) is 10.7 Å². The van der Waals surface area contributed by atoms with Crippen LogP contribution in [0.5, 0.6) is 0 Å². The van der Waals surface area contributed by atoms with Gasteiger partial charge in [-0.25, -0.2) is 0 Å². The first-order chi connectivity index (χ1) is 13.6. The zero-order valence-electron chi connectivity index (χ0n) is 16.4. The van der Waals surface area contributed by atoms with E-state index in [2.05, 4.69) is 52.1 Å². The molecule has 148 valence electrons. The molecular formula is C20H26N6S2. The topological polar surface area (TPSA) is 71.8 Å². The van der Waals surface area contributed by atoms with Crippen molar-refractivity contribution in [2.75, 3.05) is 0 Å². The SMILES string of the molecule is CC(C)c1cc(-c2nn3c(CSC45CC6CC(CC(C6)C4)C5)nnc3s2)n[nH]1. The first kappa shape index (κ1) is 17.4. The summed E-state index contributed by atoms with van der Waals surface area (Å²) in [5.74, 6) is 5.28. The Morgan fingerprint density at radius 1 is 1.18 bits per heavy atom. The molecule has 0 unspecified atom stereocenters. The van der Waals surface area contributed by atoms with E-state index < -0.39 is 0 Å². The highest BCUT2D eigenvalue weighted by molar-refractivity contribution is 7.99. The summed E-state index contributed by atoms with van der Waals surface area (Å²) >= 11 is 3.71. The predicted octanol–water partition coefficient (Wildman–Crippen LogP) is 4.90. The molecular weight excluding hydrogens is 388 g/mol. The predicted molar refractivity (Wildman–Crippen MR) is 113 cm³/mol. The maximum atomic E-state index is 4.79. The zero-order chi connectivity index (χ0) is 18.9. The van der Waals surface area contributed by atoms with Crippen molar-refractivity contribution in [3.05, 3.63) is 17.6 Å². The number of thioether (sulfide) groups is 1. The monoisotopic (exact) mass is 414 g/mol. The number of fused-ring (bicyclic) bond motifs is 1. The van der Waals surface area contributed by atoms with Gasteiger partial charge in [-0.3, -0.25) is 5.10 Å². The Morgan fingerprint density at radius 3 is 2.54 bits per heavy atom. The normalized spacial score (nSPS) is 31.5. The lowest BCUT2D eigenvalue weighted by atomic mass is 9.56. The van der Waals surface area contributed by atoms with E-state index in [0.29, 0.717) is 10.7 Å².